The van der Waals surface area contributed by atoms with Gasteiger partial charge >= 0.3 is 0 Å². The van der Waals surface area contributed by atoms with Gasteiger partial charge in [0.1, 0.15) is 10.2 Å². The van der Waals surface area contributed by atoms with Gasteiger partial charge in [0.2, 0.25) is 11.8 Å². The van der Waals surface area contributed by atoms with Crippen molar-refractivity contribution >= 4 is 21.7 Å². The summed E-state index contributed by atoms with van der Waals surface area (Å²) < 4.78 is 50.6. The number of hydrogen-bond acceptors (Lipinski definition) is 4. The number of rotatable bonds is 3. The molecule has 2 amide bonds. The summed E-state index contributed by atoms with van der Waals surface area (Å²) in [6, 6.07) is 0. The fraction of sp³-hybridized carbons (Fsp3) is 0.867. The Kier molecular flexibility index (Phi) is 4.13. The molecule has 1 unspecified atom stereocenters. The van der Waals surface area contributed by atoms with Gasteiger partial charge in [-0.25, -0.2) is 17.2 Å². The minimum absolute atomic E-state index is 0.104. The van der Waals surface area contributed by atoms with Crippen molar-refractivity contribution in [2.24, 2.45) is 11.3 Å². The zero-order valence-electron chi connectivity index (χ0n) is 13.6. The predicted molar refractivity (Wildman–Crippen MR) is 82.2 cm³/mol. The van der Waals surface area contributed by atoms with Crippen LogP contribution in [0.15, 0.2) is 0 Å². The van der Waals surface area contributed by atoms with Crippen molar-refractivity contribution in [1.82, 2.24) is 10.2 Å². The Labute approximate surface area is 139 Å². The molecule has 2 heterocycles. The lowest BCUT2D eigenvalue weighted by atomic mass is 9.78. The molecule has 3 fully saturated rings. The van der Waals surface area contributed by atoms with E-state index in [1.54, 1.807) is 0 Å². The van der Waals surface area contributed by atoms with Gasteiger partial charge in [-0.05, 0) is 19.3 Å². The zero-order chi connectivity index (χ0) is 17.8. The first kappa shape index (κ1) is 17.6. The lowest BCUT2D eigenvalue weighted by molar-refractivity contribution is -0.159. The number of nitrogens with one attached hydrogen (secondary N) is 1. The summed E-state index contributed by atoms with van der Waals surface area (Å²) >= 11 is 0. The summed E-state index contributed by atoms with van der Waals surface area (Å²) in [5, 5.41) is 2.47. The van der Waals surface area contributed by atoms with E-state index in [4.69, 9.17) is 0 Å². The first-order valence-electron chi connectivity index (χ1n) is 8.22. The van der Waals surface area contributed by atoms with Gasteiger partial charge in [0, 0.05) is 20.1 Å². The van der Waals surface area contributed by atoms with Gasteiger partial charge in [-0.2, -0.15) is 0 Å². The number of carbonyl (C=O) groups excluding carboxylic acids is 2. The van der Waals surface area contributed by atoms with Crippen LogP contribution in [0.5, 0.6) is 0 Å². The molecule has 2 saturated heterocycles. The highest BCUT2D eigenvalue weighted by Crippen LogP contribution is 2.50. The highest BCUT2D eigenvalue weighted by molar-refractivity contribution is 7.93. The van der Waals surface area contributed by atoms with Crippen LogP contribution in [0.25, 0.3) is 0 Å². The van der Waals surface area contributed by atoms with Crippen LogP contribution >= 0.6 is 0 Å². The van der Waals surface area contributed by atoms with E-state index in [9.17, 15) is 26.8 Å². The second kappa shape index (κ2) is 5.64. The fourth-order valence-electron chi connectivity index (χ4n) is 4.51. The molecule has 0 aromatic carbocycles. The molecule has 1 aliphatic carbocycles. The Bertz CT molecular complexity index is 652. The van der Waals surface area contributed by atoms with Gasteiger partial charge in [0.05, 0.1) is 11.7 Å². The molecule has 1 atom stereocenters. The monoisotopic (exact) mass is 364 g/mol. The van der Waals surface area contributed by atoms with Crippen molar-refractivity contribution in [2.75, 3.05) is 25.9 Å². The third-order valence-corrected chi connectivity index (χ3v) is 8.59. The van der Waals surface area contributed by atoms with Gasteiger partial charge in [-0.1, -0.05) is 12.8 Å². The van der Waals surface area contributed by atoms with Gasteiger partial charge in [-0.15, -0.1) is 0 Å². The van der Waals surface area contributed by atoms with E-state index in [-0.39, 0.29) is 44.0 Å². The average molecular weight is 364 g/mol. The quantitative estimate of drug-likeness (QED) is 0.794. The van der Waals surface area contributed by atoms with Crippen LogP contribution in [0, 0.1) is 11.3 Å². The zero-order valence-corrected chi connectivity index (χ0v) is 14.4. The maximum absolute atomic E-state index is 13.5. The van der Waals surface area contributed by atoms with Crippen LogP contribution in [0.2, 0.25) is 0 Å². The summed E-state index contributed by atoms with van der Waals surface area (Å²) in [6.45, 7) is -0.304. The first-order chi connectivity index (χ1) is 11.2. The molecule has 0 aromatic heterocycles. The molecule has 9 heteroatoms. The summed E-state index contributed by atoms with van der Waals surface area (Å²) in [7, 11) is -2.09. The standard InChI is InChI=1S/C15H22F2N2O4S/c1-18-11(20)10-4-7-24(22,23)15(10)8-19(9-15)13(21)14(12(16)17)5-2-3-6-14/h10,12H,2-9H2,1H3,(H,18,20). The highest BCUT2D eigenvalue weighted by Gasteiger charge is 2.66. The molecule has 2 aliphatic heterocycles. The van der Waals surface area contributed by atoms with Crippen LogP contribution in [-0.2, 0) is 19.4 Å². The van der Waals surface area contributed by atoms with Crippen molar-refractivity contribution in [3.05, 3.63) is 0 Å². The second-order valence-electron chi connectivity index (χ2n) is 7.16. The van der Waals surface area contributed by atoms with Crippen LogP contribution in [0.4, 0.5) is 8.78 Å². The summed E-state index contributed by atoms with van der Waals surface area (Å²) in [6.07, 6.45) is -1.11. The number of hydrogen-bond donors (Lipinski definition) is 1. The molecule has 136 valence electrons. The van der Waals surface area contributed by atoms with E-state index in [0.717, 1.165) is 0 Å². The summed E-state index contributed by atoms with van der Waals surface area (Å²) in [5.41, 5.74) is -1.67. The minimum atomic E-state index is -3.53. The SMILES string of the molecule is CNC(=O)C1CCS(=O)(=O)C12CN(C(=O)C1(C(F)F)CCCC1)C2. The minimum Gasteiger partial charge on any atom is -0.359 e. The van der Waals surface area contributed by atoms with E-state index in [0.29, 0.717) is 12.8 Å². The van der Waals surface area contributed by atoms with Crippen molar-refractivity contribution in [3.8, 4) is 0 Å². The maximum Gasteiger partial charge on any atom is 0.252 e. The van der Waals surface area contributed by atoms with E-state index < -0.39 is 38.2 Å². The second-order valence-corrected chi connectivity index (χ2v) is 9.62. The van der Waals surface area contributed by atoms with Crippen molar-refractivity contribution in [3.63, 3.8) is 0 Å². The topological polar surface area (TPSA) is 83.6 Å². The lowest BCUT2D eigenvalue weighted by Gasteiger charge is -2.51. The number of amides is 2. The van der Waals surface area contributed by atoms with E-state index in [1.807, 2.05) is 0 Å². The summed E-state index contributed by atoms with van der Waals surface area (Å²) in [5.74, 6) is -1.85. The van der Waals surface area contributed by atoms with Crippen LogP contribution in [0.3, 0.4) is 0 Å². The molecular formula is C15H22F2N2O4S. The summed E-state index contributed by atoms with van der Waals surface area (Å²) in [4.78, 5) is 25.9. The molecule has 1 N–H and O–H groups in total. The Morgan fingerprint density at radius 2 is 1.79 bits per heavy atom. The number of halogens is 2. The van der Waals surface area contributed by atoms with Gasteiger partial charge < -0.3 is 10.2 Å². The van der Waals surface area contributed by atoms with Crippen molar-refractivity contribution < 1.29 is 26.8 Å². The predicted octanol–water partition coefficient (Wildman–Crippen LogP) is 0.574. The van der Waals surface area contributed by atoms with E-state index in [1.165, 1.54) is 11.9 Å². The Morgan fingerprint density at radius 3 is 2.29 bits per heavy atom. The van der Waals surface area contributed by atoms with Gasteiger partial charge in [-0.3, -0.25) is 9.59 Å². The smallest absolute Gasteiger partial charge is 0.252 e. The first-order valence-corrected chi connectivity index (χ1v) is 9.87. The maximum atomic E-state index is 13.5. The van der Waals surface area contributed by atoms with E-state index >= 15 is 0 Å². The molecule has 24 heavy (non-hydrogen) atoms. The fourth-order valence-corrected chi connectivity index (χ4v) is 6.82. The van der Waals surface area contributed by atoms with Crippen LogP contribution < -0.4 is 5.32 Å². The number of nitrogens with zero attached hydrogens (tertiary/aromatic N) is 1. The third-order valence-electron chi connectivity index (χ3n) is 6.04. The number of alkyl halides is 2. The van der Waals surface area contributed by atoms with Gasteiger partial charge in [0.15, 0.2) is 9.84 Å². The van der Waals surface area contributed by atoms with E-state index in [2.05, 4.69) is 5.32 Å². The molecule has 0 radical (unpaired) electrons. The Morgan fingerprint density at radius 1 is 1.21 bits per heavy atom. The van der Waals surface area contributed by atoms with Crippen LogP contribution in [0.1, 0.15) is 32.1 Å². The molecule has 6 nitrogen and oxygen atoms in total. The van der Waals surface area contributed by atoms with Crippen molar-refractivity contribution in [2.45, 2.75) is 43.3 Å². The molecule has 1 spiro atoms. The molecule has 0 aromatic rings. The highest BCUT2D eigenvalue weighted by atomic mass is 32.2. The third kappa shape index (κ3) is 2.19. The number of sulfone groups is 1. The number of likely N-dealkylation sites (tertiary alicyclic amines) is 1. The molecule has 1 saturated carbocycles. The molecule has 0 bridgehead atoms. The normalized spacial score (nSPS) is 29.7. The lowest BCUT2D eigenvalue weighted by Crippen LogP contribution is -2.71. The van der Waals surface area contributed by atoms with Crippen LogP contribution in [-0.4, -0.2) is 62.2 Å². The number of carbonyl (C=O) groups is 2. The van der Waals surface area contributed by atoms with Crippen molar-refractivity contribution in [1.29, 1.82) is 0 Å². The average Bonchev–Trinajstić information content (AvgIpc) is 3.07. The molecular weight excluding hydrogens is 342 g/mol. The Balaban J connectivity index is 1.82. The largest absolute Gasteiger partial charge is 0.359 e. The molecule has 3 aliphatic rings. The molecule has 3 rings (SSSR count). The Hall–Kier alpha value is -1.25. The van der Waals surface area contributed by atoms with Gasteiger partial charge in [0.25, 0.3) is 6.43 Å².